The minimum Gasteiger partial charge on any atom is -0.335 e. The highest BCUT2D eigenvalue weighted by Gasteiger charge is 2.31. The molecule has 0 radical (unpaired) electrons. The predicted molar refractivity (Wildman–Crippen MR) is 184 cm³/mol. The van der Waals surface area contributed by atoms with Gasteiger partial charge in [0.2, 0.25) is 0 Å². The van der Waals surface area contributed by atoms with E-state index < -0.39 is 6.15 Å². The van der Waals surface area contributed by atoms with Crippen molar-refractivity contribution in [3.8, 4) is 0 Å². The summed E-state index contributed by atoms with van der Waals surface area (Å²) in [5.41, 5.74) is 5.36. The van der Waals surface area contributed by atoms with Crippen molar-refractivity contribution in [1.82, 2.24) is 0 Å². The molecule has 4 rings (SSSR count). The van der Waals surface area contributed by atoms with Gasteiger partial charge in [0.25, 0.3) is 0 Å². The molecule has 1 N–H and O–H groups in total. The number of nitrogens with one attached hydrogen (secondary N) is 1. The molecule has 0 fully saturated rings. The molecule has 0 aliphatic carbocycles. The van der Waals surface area contributed by atoms with Gasteiger partial charge in [0.05, 0.1) is 19.6 Å². The summed E-state index contributed by atoms with van der Waals surface area (Å²) in [4.78, 5) is 1.87. The largest absolute Gasteiger partial charge is 0.335 e. The summed E-state index contributed by atoms with van der Waals surface area (Å²) < 4.78 is 0. The second-order valence-electron chi connectivity index (χ2n) is 11.6. The van der Waals surface area contributed by atoms with Crippen LogP contribution in [0.5, 0.6) is 0 Å². The fraction of sp³-hybridized carbons (Fsp3) is 0.385. The fourth-order valence-electron chi connectivity index (χ4n) is 6.37. The lowest BCUT2D eigenvalue weighted by Crippen LogP contribution is -3.12. The van der Waals surface area contributed by atoms with Crippen molar-refractivity contribution >= 4 is 28.0 Å². The van der Waals surface area contributed by atoms with Crippen LogP contribution < -0.4 is 26.8 Å². The molecule has 0 saturated heterocycles. The Kier molecular flexibility index (Phi) is 15.1. The second-order valence-corrected chi connectivity index (χ2v) is 11.6. The van der Waals surface area contributed by atoms with E-state index in [4.69, 9.17) is 0 Å². The summed E-state index contributed by atoms with van der Waals surface area (Å²) in [6, 6.07) is 43.5. The second kappa shape index (κ2) is 19.1. The maximum atomic E-state index is 2.30. The molecule has 0 aromatic heterocycles. The van der Waals surface area contributed by atoms with Gasteiger partial charge in [-0.25, -0.2) is 0 Å². The van der Waals surface area contributed by atoms with E-state index in [1.807, 2.05) is 4.90 Å². The molecular formula is C39H54BN. The highest BCUT2D eigenvalue weighted by Crippen LogP contribution is 2.09. The van der Waals surface area contributed by atoms with Gasteiger partial charge < -0.3 is 4.90 Å². The van der Waals surface area contributed by atoms with Gasteiger partial charge in [0, 0.05) is 0 Å². The highest BCUT2D eigenvalue weighted by molar-refractivity contribution is 7.19. The molecule has 0 amide bonds. The fourth-order valence-corrected chi connectivity index (χ4v) is 6.37. The van der Waals surface area contributed by atoms with Crippen molar-refractivity contribution < 1.29 is 4.90 Å². The Morgan fingerprint density at radius 1 is 0.366 bits per heavy atom. The number of hydrogen-bond acceptors (Lipinski definition) is 0. The van der Waals surface area contributed by atoms with Crippen LogP contribution in [0.15, 0.2) is 121 Å². The zero-order valence-electron chi connectivity index (χ0n) is 26.1. The van der Waals surface area contributed by atoms with Gasteiger partial charge in [-0.1, -0.05) is 161 Å². The van der Waals surface area contributed by atoms with Gasteiger partial charge in [-0.15, -0.1) is 0 Å². The number of hydrogen-bond donors (Lipinski definition) is 1. The lowest BCUT2D eigenvalue weighted by atomic mass is 9.13. The molecule has 0 aliphatic heterocycles. The SMILES string of the molecule is CCCCC[NH+](CCCCC)CCCCC.c1ccc([B-](c2ccccc2)(c2ccccc2)c2ccccc2)cc1. The van der Waals surface area contributed by atoms with Gasteiger partial charge in [-0.3, -0.25) is 0 Å². The first kappa shape index (κ1) is 32.4. The number of quaternary nitrogens is 1. The van der Waals surface area contributed by atoms with Crippen LogP contribution in [0.3, 0.4) is 0 Å². The van der Waals surface area contributed by atoms with E-state index in [0.29, 0.717) is 0 Å². The summed E-state index contributed by atoms with van der Waals surface area (Å²) in [5.74, 6) is 0. The average molecular weight is 548 g/mol. The zero-order chi connectivity index (χ0) is 29.0. The third kappa shape index (κ3) is 9.75. The standard InChI is InChI=1S/C24H20B.C15H33N/c1-5-13-21(14-6-1)25(22-15-7-2-8-16-22,23-17-9-3-10-18-23)24-19-11-4-12-20-24;1-4-7-10-13-16(14-11-8-5-2)15-12-9-6-3/h1-20H;4-15H2,1-3H3/q-1;/p+1. The van der Waals surface area contributed by atoms with Crippen molar-refractivity contribution in [2.24, 2.45) is 0 Å². The Morgan fingerprint density at radius 3 is 0.829 bits per heavy atom. The molecule has 0 aliphatic rings. The lowest BCUT2D eigenvalue weighted by Gasteiger charge is -2.44. The first-order valence-corrected chi connectivity index (χ1v) is 16.5. The molecule has 218 valence electrons. The number of benzene rings is 4. The zero-order valence-corrected chi connectivity index (χ0v) is 26.1. The van der Waals surface area contributed by atoms with Crippen molar-refractivity contribution in [2.75, 3.05) is 19.6 Å². The van der Waals surface area contributed by atoms with Crippen LogP contribution in [0.2, 0.25) is 0 Å². The number of unbranched alkanes of at least 4 members (excludes halogenated alkanes) is 6. The van der Waals surface area contributed by atoms with Crippen molar-refractivity contribution in [2.45, 2.75) is 78.6 Å². The van der Waals surface area contributed by atoms with Gasteiger partial charge in [-0.2, -0.15) is 21.9 Å². The minimum absolute atomic E-state index is 1.22. The third-order valence-corrected chi connectivity index (χ3v) is 8.60. The summed E-state index contributed by atoms with van der Waals surface area (Å²) >= 11 is 0. The molecule has 0 saturated carbocycles. The van der Waals surface area contributed by atoms with Crippen LogP contribution in [0.25, 0.3) is 0 Å². The van der Waals surface area contributed by atoms with E-state index in [9.17, 15) is 0 Å². The normalized spacial score (nSPS) is 11.2. The highest BCUT2D eigenvalue weighted by atomic mass is 15.1. The van der Waals surface area contributed by atoms with Gasteiger partial charge in [-0.05, 0) is 38.5 Å². The van der Waals surface area contributed by atoms with E-state index >= 15 is 0 Å². The summed E-state index contributed by atoms with van der Waals surface area (Å²) in [5, 5.41) is 0. The molecule has 2 heteroatoms. The Hall–Kier alpha value is -3.10. The van der Waals surface area contributed by atoms with Crippen LogP contribution in [-0.4, -0.2) is 25.8 Å². The maximum absolute atomic E-state index is 2.30. The van der Waals surface area contributed by atoms with Crippen LogP contribution in [0.4, 0.5) is 0 Å². The van der Waals surface area contributed by atoms with E-state index in [1.165, 1.54) is 99.3 Å². The molecule has 0 heterocycles. The topological polar surface area (TPSA) is 4.44 Å². The van der Waals surface area contributed by atoms with Crippen LogP contribution in [-0.2, 0) is 0 Å². The monoisotopic (exact) mass is 547 g/mol. The summed E-state index contributed by atoms with van der Waals surface area (Å²) in [6.45, 7) is 11.2. The smallest absolute Gasteiger partial charge is 0.108 e. The molecule has 0 bridgehead atoms. The van der Waals surface area contributed by atoms with Crippen molar-refractivity contribution in [3.63, 3.8) is 0 Å². The third-order valence-electron chi connectivity index (χ3n) is 8.60. The van der Waals surface area contributed by atoms with E-state index in [-0.39, 0.29) is 0 Å². The molecule has 1 nitrogen and oxygen atoms in total. The Balaban J connectivity index is 0.000000253. The maximum Gasteiger partial charge on any atom is 0.108 e. The predicted octanol–water partition coefficient (Wildman–Crippen LogP) is 6.51. The molecule has 0 spiro atoms. The van der Waals surface area contributed by atoms with Gasteiger partial charge >= 0.3 is 0 Å². The van der Waals surface area contributed by atoms with Crippen molar-refractivity contribution in [3.05, 3.63) is 121 Å². The Bertz CT molecular complexity index is 974. The summed E-state index contributed by atoms with van der Waals surface area (Å²) in [7, 11) is 0. The molecular weight excluding hydrogens is 493 g/mol. The molecule has 0 atom stereocenters. The van der Waals surface area contributed by atoms with Crippen LogP contribution in [0, 0.1) is 0 Å². The first-order valence-electron chi connectivity index (χ1n) is 16.5. The molecule has 41 heavy (non-hydrogen) atoms. The van der Waals surface area contributed by atoms with Gasteiger partial charge in [0.1, 0.15) is 6.15 Å². The minimum atomic E-state index is -1.22. The van der Waals surface area contributed by atoms with Crippen molar-refractivity contribution in [1.29, 1.82) is 0 Å². The molecule has 0 unspecified atom stereocenters. The van der Waals surface area contributed by atoms with E-state index in [2.05, 4.69) is 142 Å². The Morgan fingerprint density at radius 2 is 0.610 bits per heavy atom. The quantitative estimate of drug-likeness (QED) is 0.121. The molecule has 4 aromatic carbocycles. The first-order chi connectivity index (χ1) is 20.3. The lowest BCUT2D eigenvalue weighted by molar-refractivity contribution is -0.900. The Labute approximate surface area is 252 Å². The number of rotatable bonds is 16. The van der Waals surface area contributed by atoms with Crippen LogP contribution in [0.1, 0.15) is 78.6 Å². The van der Waals surface area contributed by atoms with E-state index in [0.717, 1.165) is 0 Å². The average Bonchev–Trinajstić information content (AvgIpc) is 3.04. The van der Waals surface area contributed by atoms with Gasteiger partial charge in [0.15, 0.2) is 0 Å². The van der Waals surface area contributed by atoms with Crippen LogP contribution >= 0.6 is 0 Å². The summed E-state index contributed by atoms with van der Waals surface area (Å²) in [6.07, 6.45) is 11.4. The van der Waals surface area contributed by atoms with E-state index in [1.54, 1.807) is 0 Å². The molecule has 4 aromatic rings.